The number of nitrogens with two attached hydrogens (primary N) is 1. The molecule has 1 saturated heterocycles. The molecule has 1 rings (SSSR count). The summed E-state index contributed by atoms with van der Waals surface area (Å²) in [7, 11) is 2.24. The van der Waals surface area contributed by atoms with E-state index in [0.29, 0.717) is 6.04 Å². The number of hydrogen-bond donors (Lipinski definition) is 1. The van der Waals surface area contributed by atoms with Crippen LogP contribution in [0.5, 0.6) is 0 Å². The molecule has 0 aliphatic carbocycles. The lowest BCUT2D eigenvalue weighted by Crippen LogP contribution is -2.56. The number of hydrogen-bond acceptors (Lipinski definition) is 3. The fourth-order valence-electron chi connectivity index (χ4n) is 3.65. The summed E-state index contributed by atoms with van der Waals surface area (Å²) >= 11 is 0. The van der Waals surface area contributed by atoms with Crippen LogP contribution in [-0.4, -0.2) is 54.6 Å². The van der Waals surface area contributed by atoms with Crippen LogP contribution in [0.15, 0.2) is 0 Å². The van der Waals surface area contributed by atoms with Gasteiger partial charge in [0, 0.05) is 31.2 Å². The molecule has 1 aliphatic rings. The molecule has 0 aromatic carbocycles. The quantitative estimate of drug-likeness (QED) is 0.695. The fraction of sp³-hybridized carbons (Fsp3) is 1.00. The number of nitrogens with zero attached hydrogens (tertiary/aromatic N) is 2. The maximum absolute atomic E-state index is 6.17. The molecule has 2 N–H and O–H groups in total. The Morgan fingerprint density at radius 2 is 1.85 bits per heavy atom. The Morgan fingerprint density at radius 1 is 1.15 bits per heavy atom. The topological polar surface area (TPSA) is 32.5 Å². The highest BCUT2D eigenvalue weighted by Gasteiger charge is 2.34. The van der Waals surface area contributed by atoms with Crippen molar-refractivity contribution in [2.75, 3.05) is 33.2 Å². The van der Waals surface area contributed by atoms with Gasteiger partial charge in [0.25, 0.3) is 0 Å². The van der Waals surface area contributed by atoms with Crippen LogP contribution < -0.4 is 5.73 Å². The summed E-state index contributed by atoms with van der Waals surface area (Å²) in [5.41, 5.74) is 6.36. The van der Waals surface area contributed by atoms with E-state index >= 15 is 0 Å². The summed E-state index contributed by atoms with van der Waals surface area (Å²) in [4.78, 5) is 5.15. The van der Waals surface area contributed by atoms with Crippen LogP contribution in [-0.2, 0) is 0 Å². The van der Waals surface area contributed by atoms with Crippen molar-refractivity contribution in [1.29, 1.82) is 0 Å². The van der Waals surface area contributed by atoms with Gasteiger partial charge >= 0.3 is 0 Å². The second-order valence-electron chi connectivity index (χ2n) is 7.02. The highest BCUT2D eigenvalue weighted by Crippen LogP contribution is 2.26. The Morgan fingerprint density at radius 3 is 2.50 bits per heavy atom. The van der Waals surface area contributed by atoms with Crippen LogP contribution in [0.3, 0.4) is 0 Å². The van der Waals surface area contributed by atoms with Gasteiger partial charge in [0.1, 0.15) is 0 Å². The Bertz CT molecular complexity index is 257. The van der Waals surface area contributed by atoms with Gasteiger partial charge in [0.15, 0.2) is 0 Å². The summed E-state index contributed by atoms with van der Waals surface area (Å²) < 4.78 is 0. The van der Waals surface area contributed by atoms with E-state index in [1.807, 2.05) is 0 Å². The molecule has 0 aromatic rings. The molecule has 1 aliphatic heterocycles. The van der Waals surface area contributed by atoms with Crippen LogP contribution in [0.2, 0.25) is 0 Å². The van der Waals surface area contributed by atoms with Gasteiger partial charge in [-0.15, -0.1) is 0 Å². The monoisotopic (exact) mass is 283 g/mol. The molecular formula is C17H37N3. The van der Waals surface area contributed by atoms with Crippen molar-refractivity contribution in [3.05, 3.63) is 0 Å². The highest BCUT2D eigenvalue weighted by molar-refractivity contribution is 4.92. The Kier molecular flexibility index (Phi) is 8.08. The van der Waals surface area contributed by atoms with Crippen molar-refractivity contribution in [3.8, 4) is 0 Å². The Balaban J connectivity index is 2.52. The van der Waals surface area contributed by atoms with Gasteiger partial charge < -0.3 is 10.6 Å². The lowest BCUT2D eigenvalue weighted by Gasteiger charge is -2.44. The summed E-state index contributed by atoms with van der Waals surface area (Å²) in [6.45, 7) is 11.4. The second-order valence-corrected chi connectivity index (χ2v) is 7.02. The second kappa shape index (κ2) is 9.01. The summed E-state index contributed by atoms with van der Waals surface area (Å²) in [5, 5.41) is 0. The van der Waals surface area contributed by atoms with Gasteiger partial charge in [-0.25, -0.2) is 0 Å². The first-order chi connectivity index (χ1) is 9.53. The molecule has 120 valence electrons. The molecule has 0 amide bonds. The van der Waals surface area contributed by atoms with E-state index in [-0.39, 0.29) is 5.54 Å². The lowest BCUT2D eigenvalue weighted by atomic mass is 9.90. The molecule has 1 heterocycles. The van der Waals surface area contributed by atoms with Gasteiger partial charge in [0.2, 0.25) is 0 Å². The third-order valence-corrected chi connectivity index (χ3v) is 5.00. The lowest BCUT2D eigenvalue weighted by molar-refractivity contribution is 0.0612. The van der Waals surface area contributed by atoms with Crippen molar-refractivity contribution in [2.45, 2.75) is 77.3 Å². The number of likely N-dealkylation sites (N-methyl/N-ethyl adjacent to an activating group) is 1. The van der Waals surface area contributed by atoms with Gasteiger partial charge in [-0.2, -0.15) is 0 Å². The van der Waals surface area contributed by atoms with Crippen LogP contribution in [0.1, 0.15) is 65.7 Å². The molecular weight excluding hydrogens is 246 g/mol. The maximum atomic E-state index is 6.17. The van der Waals surface area contributed by atoms with Crippen molar-refractivity contribution in [1.82, 2.24) is 9.80 Å². The number of rotatable bonds is 8. The molecule has 0 saturated carbocycles. The SMILES string of the molecule is CCCCCCCC(C)(CN)N1CCCN(C)CC1C. The molecule has 0 radical (unpaired) electrons. The molecule has 2 unspecified atom stereocenters. The first-order valence-corrected chi connectivity index (χ1v) is 8.69. The van der Waals surface area contributed by atoms with E-state index in [1.54, 1.807) is 0 Å². The minimum atomic E-state index is 0.191. The molecule has 0 spiro atoms. The molecule has 3 heteroatoms. The molecule has 3 nitrogen and oxygen atoms in total. The fourth-order valence-corrected chi connectivity index (χ4v) is 3.65. The summed E-state index contributed by atoms with van der Waals surface area (Å²) in [6.07, 6.45) is 9.30. The van der Waals surface area contributed by atoms with E-state index in [2.05, 4.69) is 37.6 Å². The molecule has 20 heavy (non-hydrogen) atoms. The van der Waals surface area contributed by atoms with Gasteiger partial charge in [-0.1, -0.05) is 39.0 Å². The summed E-state index contributed by atoms with van der Waals surface area (Å²) in [5.74, 6) is 0. The largest absolute Gasteiger partial charge is 0.329 e. The summed E-state index contributed by atoms with van der Waals surface area (Å²) in [6, 6.07) is 0.617. The normalized spacial score (nSPS) is 25.4. The molecule has 2 atom stereocenters. The van der Waals surface area contributed by atoms with Crippen LogP contribution in [0.25, 0.3) is 0 Å². The minimum Gasteiger partial charge on any atom is -0.329 e. The Labute approximate surface area is 126 Å². The van der Waals surface area contributed by atoms with E-state index in [4.69, 9.17) is 5.73 Å². The standard InChI is InChI=1S/C17H37N3/c1-5-6-7-8-9-11-17(3,15-18)20-13-10-12-19(4)14-16(20)2/h16H,5-15,18H2,1-4H3. The molecule has 0 bridgehead atoms. The van der Waals surface area contributed by atoms with Gasteiger partial charge in [-0.3, -0.25) is 4.90 Å². The van der Waals surface area contributed by atoms with Crippen molar-refractivity contribution < 1.29 is 0 Å². The van der Waals surface area contributed by atoms with Crippen LogP contribution in [0.4, 0.5) is 0 Å². The van der Waals surface area contributed by atoms with Gasteiger partial charge in [0.05, 0.1) is 0 Å². The number of unbranched alkanes of at least 4 members (excludes halogenated alkanes) is 4. The predicted octanol–water partition coefficient (Wildman–Crippen LogP) is 3.09. The minimum absolute atomic E-state index is 0.191. The molecule has 1 fully saturated rings. The average Bonchev–Trinajstić information content (AvgIpc) is 2.59. The van der Waals surface area contributed by atoms with Crippen LogP contribution in [0, 0.1) is 0 Å². The average molecular weight is 284 g/mol. The van der Waals surface area contributed by atoms with Crippen molar-refractivity contribution in [3.63, 3.8) is 0 Å². The van der Waals surface area contributed by atoms with Crippen molar-refractivity contribution >= 4 is 0 Å². The first-order valence-electron chi connectivity index (χ1n) is 8.69. The van der Waals surface area contributed by atoms with Gasteiger partial charge in [-0.05, 0) is 40.3 Å². The maximum Gasteiger partial charge on any atom is 0.0306 e. The van der Waals surface area contributed by atoms with E-state index in [1.165, 1.54) is 64.6 Å². The van der Waals surface area contributed by atoms with Crippen LogP contribution >= 0.6 is 0 Å². The zero-order valence-electron chi connectivity index (χ0n) is 14.3. The molecule has 0 aromatic heterocycles. The first kappa shape index (κ1) is 17.9. The zero-order chi connectivity index (χ0) is 15.0. The predicted molar refractivity (Wildman–Crippen MR) is 89.1 cm³/mol. The third kappa shape index (κ3) is 5.34. The smallest absolute Gasteiger partial charge is 0.0306 e. The third-order valence-electron chi connectivity index (χ3n) is 5.00. The van der Waals surface area contributed by atoms with E-state index in [9.17, 15) is 0 Å². The Hall–Kier alpha value is -0.120. The zero-order valence-corrected chi connectivity index (χ0v) is 14.3. The van der Waals surface area contributed by atoms with Crippen molar-refractivity contribution in [2.24, 2.45) is 5.73 Å². The van der Waals surface area contributed by atoms with E-state index < -0.39 is 0 Å². The highest BCUT2D eigenvalue weighted by atomic mass is 15.3. The van der Waals surface area contributed by atoms with E-state index in [0.717, 1.165) is 6.54 Å².